The lowest BCUT2D eigenvalue weighted by atomic mass is 10.1. The SMILES string of the molecule is CN(C)c1ccc(/C=N\NC(=O)c2cc(=O)[nH]c3ccccc23)cc1. The Bertz CT molecular complexity index is 988. The van der Waals surface area contributed by atoms with Crippen LogP contribution in [0.25, 0.3) is 10.9 Å². The molecule has 0 atom stereocenters. The number of rotatable bonds is 4. The van der Waals surface area contributed by atoms with Crippen molar-refractivity contribution in [2.75, 3.05) is 19.0 Å². The van der Waals surface area contributed by atoms with E-state index in [0.29, 0.717) is 16.5 Å². The topological polar surface area (TPSA) is 77.6 Å². The minimum atomic E-state index is -0.427. The quantitative estimate of drug-likeness (QED) is 0.568. The summed E-state index contributed by atoms with van der Waals surface area (Å²) in [6.45, 7) is 0. The van der Waals surface area contributed by atoms with E-state index >= 15 is 0 Å². The summed E-state index contributed by atoms with van der Waals surface area (Å²) in [6, 6.07) is 16.2. The van der Waals surface area contributed by atoms with Gasteiger partial charge in [0.1, 0.15) is 0 Å². The summed E-state index contributed by atoms with van der Waals surface area (Å²) in [4.78, 5) is 28.8. The van der Waals surface area contributed by atoms with Gasteiger partial charge in [-0.25, -0.2) is 5.43 Å². The summed E-state index contributed by atoms with van der Waals surface area (Å²) in [5, 5.41) is 4.65. The molecule has 0 aliphatic carbocycles. The zero-order chi connectivity index (χ0) is 17.8. The average molecular weight is 334 g/mol. The number of para-hydroxylation sites is 1. The van der Waals surface area contributed by atoms with E-state index < -0.39 is 5.91 Å². The van der Waals surface area contributed by atoms with Gasteiger partial charge < -0.3 is 9.88 Å². The van der Waals surface area contributed by atoms with Gasteiger partial charge in [-0.15, -0.1) is 0 Å². The van der Waals surface area contributed by atoms with Crippen LogP contribution in [0.4, 0.5) is 5.69 Å². The molecule has 2 N–H and O–H groups in total. The maximum atomic E-state index is 12.4. The normalized spacial score (nSPS) is 11.0. The first-order chi connectivity index (χ1) is 12.0. The van der Waals surface area contributed by atoms with Gasteiger partial charge in [0.2, 0.25) is 5.56 Å². The van der Waals surface area contributed by atoms with Crippen molar-refractivity contribution in [1.29, 1.82) is 0 Å². The second-order valence-corrected chi connectivity index (χ2v) is 5.78. The Morgan fingerprint density at radius 2 is 1.84 bits per heavy atom. The maximum absolute atomic E-state index is 12.4. The average Bonchev–Trinajstić information content (AvgIpc) is 2.61. The van der Waals surface area contributed by atoms with Crippen LogP contribution in [0.5, 0.6) is 0 Å². The molecule has 126 valence electrons. The Kier molecular flexibility index (Phi) is 4.61. The van der Waals surface area contributed by atoms with Gasteiger partial charge >= 0.3 is 0 Å². The number of pyridine rings is 1. The number of carbonyl (C=O) groups is 1. The molecule has 0 radical (unpaired) electrons. The van der Waals surface area contributed by atoms with Crippen LogP contribution in [0.15, 0.2) is 64.5 Å². The molecule has 0 bridgehead atoms. The van der Waals surface area contributed by atoms with E-state index in [-0.39, 0.29) is 5.56 Å². The van der Waals surface area contributed by atoms with Crippen LogP contribution in [0.2, 0.25) is 0 Å². The van der Waals surface area contributed by atoms with E-state index in [0.717, 1.165) is 11.3 Å². The number of H-pyrrole nitrogens is 1. The number of benzene rings is 2. The number of nitrogens with zero attached hydrogens (tertiary/aromatic N) is 2. The minimum absolute atomic E-state index is 0.291. The molecule has 1 amide bonds. The van der Waals surface area contributed by atoms with E-state index in [4.69, 9.17) is 0 Å². The van der Waals surface area contributed by atoms with Crippen LogP contribution in [0.3, 0.4) is 0 Å². The summed E-state index contributed by atoms with van der Waals surface area (Å²) in [5.41, 5.74) is 4.99. The summed E-state index contributed by atoms with van der Waals surface area (Å²) in [6.07, 6.45) is 1.56. The van der Waals surface area contributed by atoms with E-state index in [1.165, 1.54) is 6.07 Å². The van der Waals surface area contributed by atoms with Crippen LogP contribution in [0, 0.1) is 0 Å². The first kappa shape index (κ1) is 16.4. The highest BCUT2D eigenvalue weighted by Crippen LogP contribution is 2.14. The summed E-state index contributed by atoms with van der Waals surface area (Å²) in [5.74, 6) is -0.427. The van der Waals surface area contributed by atoms with Crippen LogP contribution in [0.1, 0.15) is 15.9 Å². The molecule has 0 unspecified atom stereocenters. The molecule has 0 fully saturated rings. The zero-order valence-corrected chi connectivity index (χ0v) is 14.0. The Morgan fingerprint density at radius 3 is 2.56 bits per heavy atom. The molecule has 1 heterocycles. The molecule has 0 aliphatic rings. The van der Waals surface area contributed by atoms with Crippen LogP contribution >= 0.6 is 0 Å². The number of hydrazone groups is 1. The second-order valence-electron chi connectivity index (χ2n) is 5.78. The number of carbonyl (C=O) groups excluding carboxylic acids is 1. The first-order valence-electron chi connectivity index (χ1n) is 7.77. The van der Waals surface area contributed by atoms with Crippen molar-refractivity contribution in [1.82, 2.24) is 10.4 Å². The molecule has 3 rings (SSSR count). The Morgan fingerprint density at radius 1 is 1.12 bits per heavy atom. The van der Waals surface area contributed by atoms with Gasteiger partial charge in [-0.3, -0.25) is 9.59 Å². The highest BCUT2D eigenvalue weighted by molar-refractivity contribution is 6.06. The first-order valence-corrected chi connectivity index (χ1v) is 7.77. The standard InChI is InChI=1S/C19H18N4O2/c1-23(2)14-9-7-13(8-10-14)12-20-22-19(25)16-11-18(24)21-17-6-4-3-5-15(16)17/h3-12H,1-2H3,(H,21,24)(H,22,25)/b20-12-. The fourth-order valence-electron chi connectivity index (χ4n) is 2.48. The van der Waals surface area contributed by atoms with Crippen molar-refractivity contribution in [3.63, 3.8) is 0 Å². The zero-order valence-electron chi connectivity index (χ0n) is 14.0. The van der Waals surface area contributed by atoms with Crippen molar-refractivity contribution >= 4 is 28.7 Å². The number of aromatic amines is 1. The third-order valence-electron chi connectivity index (χ3n) is 3.78. The highest BCUT2D eigenvalue weighted by Gasteiger charge is 2.10. The molecule has 6 nitrogen and oxygen atoms in total. The maximum Gasteiger partial charge on any atom is 0.272 e. The van der Waals surface area contributed by atoms with Gasteiger partial charge in [0.25, 0.3) is 5.91 Å². The molecule has 2 aromatic carbocycles. The number of nitrogens with one attached hydrogen (secondary N) is 2. The third-order valence-corrected chi connectivity index (χ3v) is 3.78. The van der Waals surface area contributed by atoms with E-state index in [2.05, 4.69) is 15.5 Å². The van der Waals surface area contributed by atoms with Gasteiger partial charge in [-0.1, -0.05) is 30.3 Å². The minimum Gasteiger partial charge on any atom is -0.378 e. The number of aromatic nitrogens is 1. The van der Waals surface area contributed by atoms with Gasteiger partial charge in [0.05, 0.1) is 11.8 Å². The van der Waals surface area contributed by atoms with Crippen LogP contribution in [-0.2, 0) is 0 Å². The van der Waals surface area contributed by atoms with Crippen molar-refractivity contribution in [2.45, 2.75) is 0 Å². The fourth-order valence-corrected chi connectivity index (χ4v) is 2.48. The van der Waals surface area contributed by atoms with E-state index in [1.807, 2.05) is 49.3 Å². The summed E-state index contributed by atoms with van der Waals surface area (Å²) in [7, 11) is 3.93. The van der Waals surface area contributed by atoms with Gasteiger partial charge in [-0.2, -0.15) is 5.10 Å². The Hall–Kier alpha value is -3.41. The Labute approximate surface area is 144 Å². The Balaban J connectivity index is 1.78. The molecule has 0 saturated carbocycles. The predicted octanol–water partition coefficient (Wildman–Crippen LogP) is 2.36. The lowest BCUT2D eigenvalue weighted by molar-refractivity contribution is 0.0956. The summed E-state index contributed by atoms with van der Waals surface area (Å²) < 4.78 is 0. The van der Waals surface area contributed by atoms with Gasteiger partial charge in [0.15, 0.2) is 0 Å². The van der Waals surface area contributed by atoms with Crippen molar-refractivity contribution in [2.24, 2.45) is 5.10 Å². The summed E-state index contributed by atoms with van der Waals surface area (Å²) >= 11 is 0. The third kappa shape index (κ3) is 3.74. The molecule has 25 heavy (non-hydrogen) atoms. The van der Waals surface area contributed by atoms with Crippen molar-refractivity contribution < 1.29 is 4.79 Å². The van der Waals surface area contributed by atoms with Crippen molar-refractivity contribution in [3.05, 3.63) is 76.1 Å². The number of hydrogen-bond acceptors (Lipinski definition) is 4. The monoisotopic (exact) mass is 334 g/mol. The van der Waals surface area contributed by atoms with Gasteiger partial charge in [0, 0.05) is 36.8 Å². The molecule has 0 saturated heterocycles. The number of fused-ring (bicyclic) bond motifs is 1. The molecule has 0 spiro atoms. The smallest absolute Gasteiger partial charge is 0.272 e. The lowest BCUT2D eigenvalue weighted by Gasteiger charge is -2.11. The molecule has 0 aliphatic heterocycles. The van der Waals surface area contributed by atoms with E-state index in [1.54, 1.807) is 24.4 Å². The second kappa shape index (κ2) is 7.00. The number of hydrogen-bond donors (Lipinski definition) is 2. The molecular formula is C19H18N4O2. The van der Waals surface area contributed by atoms with Crippen molar-refractivity contribution in [3.8, 4) is 0 Å². The van der Waals surface area contributed by atoms with Gasteiger partial charge in [-0.05, 0) is 23.8 Å². The molecule has 1 aromatic heterocycles. The largest absolute Gasteiger partial charge is 0.378 e. The fraction of sp³-hybridized carbons (Fsp3) is 0.105. The van der Waals surface area contributed by atoms with Crippen LogP contribution in [-0.4, -0.2) is 31.2 Å². The predicted molar refractivity (Wildman–Crippen MR) is 100 cm³/mol. The lowest BCUT2D eigenvalue weighted by Crippen LogP contribution is -2.20. The highest BCUT2D eigenvalue weighted by atomic mass is 16.2. The number of anilines is 1. The number of amides is 1. The molecule has 3 aromatic rings. The van der Waals surface area contributed by atoms with Crippen LogP contribution < -0.4 is 15.9 Å². The molecule has 6 heteroatoms. The molecular weight excluding hydrogens is 316 g/mol. The van der Waals surface area contributed by atoms with E-state index in [9.17, 15) is 9.59 Å².